The Kier molecular flexibility index (Phi) is 9.81. The third-order valence-corrected chi connectivity index (χ3v) is 7.34. The lowest BCUT2D eigenvalue weighted by Crippen LogP contribution is -2.46. The number of pyridine rings is 2. The van der Waals surface area contributed by atoms with Crippen LogP contribution in [0.4, 0.5) is 13.6 Å². The lowest BCUT2D eigenvalue weighted by Gasteiger charge is -2.33. The van der Waals surface area contributed by atoms with Crippen molar-refractivity contribution in [2.45, 2.75) is 50.2 Å². The van der Waals surface area contributed by atoms with Crippen molar-refractivity contribution < 1.29 is 13.6 Å². The van der Waals surface area contributed by atoms with Gasteiger partial charge >= 0.3 is 11.7 Å². The normalized spacial score (nSPS) is 18.6. The Balaban J connectivity index is 0.000000332. The van der Waals surface area contributed by atoms with Crippen molar-refractivity contribution >= 4 is 17.2 Å². The van der Waals surface area contributed by atoms with E-state index in [0.717, 1.165) is 61.0 Å². The minimum absolute atomic E-state index is 0.0367. The van der Waals surface area contributed by atoms with E-state index in [-0.39, 0.29) is 29.8 Å². The van der Waals surface area contributed by atoms with E-state index < -0.39 is 11.6 Å². The summed E-state index contributed by atoms with van der Waals surface area (Å²) < 4.78 is 25.7. The van der Waals surface area contributed by atoms with Crippen molar-refractivity contribution in [3.05, 3.63) is 94.3 Å². The minimum Gasteiger partial charge on any atom is -0.330 e. The zero-order valence-electron chi connectivity index (χ0n) is 22.5. The van der Waals surface area contributed by atoms with E-state index >= 15 is 0 Å². The number of halogens is 2. The van der Waals surface area contributed by atoms with E-state index in [1.165, 1.54) is 12.1 Å². The summed E-state index contributed by atoms with van der Waals surface area (Å²) in [7, 11) is 0. The molecule has 0 saturated carbocycles. The molecule has 1 aliphatic carbocycles. The highest BCUT2D eigenvalue weighted by atomic mass is 19.2. The third kappa shape index (κ3) is 6.78. The fraction of sp³-hybridized carbons (Fsp3) is 0.333. The molecule has 2 aliphatic rings. The second-order valence-corrected chi connectivity index (χ2v) is 9.82. The number of imidazole rings is 1. The average molecular weight is 562 g/mol. The second-order valence-electron chi connectivity index (χ2n) is 9.82. The van der Waals surface area contributed by atoms with E-state index in [0.29, 0.717) is 18.7 Å². The number of hydrogen-bond donors (Lipinski definition) is 3. The smallest absolute Gasteiger partial charge is 0.327 e. The summed E-state index contributed by atoms with van der Waals surface area (Å²) in [6.07, 6.45) is 15.5. The highest BCUT2D eigenvalue weighted by Gasteiger charge is 2.30. The molecule has 9 nitrogen and oxygen atoms in total. The zero-order chi connectivity index (χ0) is 29.4. The molecule has 0 bridgehead atoms. The number of amides is 2. The molecule has 2 atom stereocenters. The summed E-state index contributed by atoms with van der Waals surface area (Å²) in [5, 5.41) is 3.18. The largest absolute Gasteiger partial charge is 0.330 e. The number of urea groups is 1. The maximum absolute atomic E-state index is 13.0. The minimum atomic E-state index is -0.799. The van der Waals surface area contributed by atoms with Crippen LogP contribution in [0.15, 0.2) is 65.7 Å². The van der Waals surface area contributed by atoms with Crippen LogP contribution in [0.2, 0.25) is 0 Å². The molecular weight excluding hydrogens is 528 g/mol. The van der Waals surface area contributed by atoms with Crippen LogP contribution in [-0.4, -0.2) is 43.5 Å². The number of nitrogens with zero attached hydrogens (tertiary/aromatic N) is 4. The van der Waals surface area contributed by atoms with E-state index in [2.05, 4.69) is 33.1 Å². The Labute approximate surface area is 236 Å². The predicted molar refractivity (Wildman–Crippen MR) is 153 cm³/mol. The monoisotopic (exact) mass is 561 g/mol. The number of carbonyl (C=O) groups excluding carboxylic acids is 1. The highest BCUT2D eigenvalue weighted by molar-refractivity contribution is 5.75. The van der Waals surface area contributed by atoms with E-state index in [9.17, 15) is 18.4 Å². The van der Waals surface area contributed by atoms with Gasteiger partial charge in [-0.2, -0.15) is 0 Å². The van der Waals surface area contributed by atoms with Gasteiger partial charge in [-0.25, -0.2) is 23.4 Å². The van der Waals surface area contributed by atoms with Gasteiger partial charge in [0, 0.05) is 37.6 Å². The fourth-order valence-electron chi connectivity index (χ4n) is 5.34. The van der Waals surface area contributed by atoms with Crippen molar-refractivity contribution in [1.29, 1.82) is 0 Å². The lowest BCUT2D eigenvalue weighted by atomic mass is 10.0. The van der Waals surface area contributed by atoms with E-state index in [1.807, 2.05) is 29.2 Å². The van der Waals surface area contributed by atoms with Gasteiger partial charge in [-0.1, -0.05) is 18.2 Å². The molecule has 3 aromatic heterocycles. The van der Waals surface area contributed by atoms with Crippen LogP contribution in [-0.2, 0) is 0 Å². The molecule has 4 heterocycles. The molecule has 6 rings (SSSR count). The van der Waals surface area contributed by atoms with Gasteiger partial charge in [0.25, 0.3) is 0 Å². The standard InChI is InChI=1S/C22H27N7O2.C6H4F2.C2H2/c23-16-5-1-6-17(19-15(16)4-2-10-24-19)26-21(30)28-12-8-14(9-13-28)29-18-7-3-11-25-20(18)27-22(29)31;7-5-3-1-2-4-6(5)8;1-2/h2-4,7,10-11,14,16-17H,1,5-6,8-9,12-13,23H2,(H,26,30)(H,25,27,31);1-4H;1-2H/t16-,17+;;/m0../s1. The Morgan fingerprint density at radius 1 is 0.951 bits per heavy atom. The molecule has 0 radical (unpaired) electrons. The van der Waals surface area contributed by atoms with Gasteiger partial charge in [-0.05, 0) is 68.0 Å². The summed E-state index contributed by atoms with van der Waals surface area (Å²) in [6.45, 7) is 1.19. The van der Waals surface area contributed by atoms with Gasteiger partial charge in [0.2, 0.25) is 0 Å². The van der Waals surface area contributed by atoms with Crippen LogP contribution >= 0.6 is 0 Å². The van der Waals surface area contributed by atoms with Crippen LogP contribution in [0, 0.1) is 24.5 Å². The lowest BCUT2D eigenvalue weighted by molar-refractivity contribution is 0.167. The molecule has 11 heteroatoms. The number of rotatable bonds is 2. The number of carbonyl (C=O) groups is 1. The van der Waals surface area contributed by atoms with Crippen LogP contribution in [0.1, 0.15) is 61.5 Å². The molecule has 1 saturated heterocycles. The molecule has 2 amide bonds. The van der Waals surface area contributed by atoms with Crippen molar-refractivity contribution in [2.75, 3.05) is 13.1 Å². The maximum atomic E-state index is 13.0. The molecule has 1 aliphatic heterocycles. The van der Waals surface area contributed by atoms with Gasteiger partial charge in [0.15, 0.2) is 17.3 Å². The quantitative estimate of drug-likeness (QED) is 0.244. The number of benzene rings is 1. The van der Waals surface area contributed by atoms with Gasteiger partial charge in [0.1, 0.15) is 0 Å². The Morgan fingerprint density at radius 3 is 2.29 bits per heavy atom. The first-order valence-corrected chi connectivity index (χ1v) is 13.5. The van der Waals surface area contributed by atoms with Crippen molar-refractivity contribution in [3.8, 4) is 12.8 Å². The average Bonchev–Trinajstić information content (AvgIpc) is 3.26. The molecule has 0 spiro atoms. The molecule has 4 N–H and O–H groups in total. The summed E-state index contributed by atoms with van der Waals surface area (Å²) >= 11 is 0. The maximum Gasteiger partial charge on any atom is 0.327 e. The first kappa shape index (κ1) is 29.4. The summed E-state index contributed by atoms with van der Waals surface area (Å²) in [4.78, 5) is 38.9. The van der Waals surface area contributed by atoms with Crippen molar-refractivity contribution in [2.24, 2.45) is 5.73 Å². The Hall–Kier alpha value is -4.56. The number of terminal acetylenes is 1. The molecule has 0 unspecified atom stereocenters. The molecule has 1 aromatic carbocycles. The second kappa shape index (κ2) is 13.7. The first-order chi connectivity index (χ1) is 19.9. The number of likely N-dealkylation sites (tertiary alicyclic amines) is 1. The zero-order valence-corrected chi connectivity index (χ0v) is 22.5. The fourth-order valence-corrected chi connectivity index (χ4v) is 5.34. The topological polar surface area (TPSA) is 122 Å². The number of nitrogens with one attached hydrogen (secondary N) is 2. The van der Waals surface area contributed by atoms with Crippen molar-refractivity contribution in [3.63, 3.8) is 0 Å². The Bertz CT molecular complexity index is 1520. The van der Waals surface area contributed by atoms with E-state index in [4.69, 9.17) is 5.73 Å². The van der Waals surface area contributed by atoms with Gasteiger partial charge < -0.3 is 16.0 Å². The van der Waals surface area contributed by atoms with Crippen LogP contribution in [0.3, 0.4) is 0 Å². The molecule has 4 aromatic rings. The predicted octanol–water partition coefficient (Wildman–Crippen LogP) is 4.61. The van der Waals surface area contributed by atoms with Gasteiger partial charge in [-0.15, -0.1) is 12.8 Å². The third-order valence-electron chi connectivity index (χ3n) is 7.34. The summed E-state index contributed by atoms with van der Waals surface area (Å²) in [5.41, 5.74) is 9.48. The summed E-state index contributed by atoms with van der Waals surface area (Å²) in [5.74, 6) is -1.60. The number of H-pyrrole nitrogens is 1. The summed E-state index contributed by atoms with van der Waals surface area (Å²) in [6, 6.07) is 12.5. The van der Waals surface area contributed by atoms with Crippen LogP contribution in [0.5, 0.6) is 0 Å². The molecular formula is C30H33F2N7O2. The van der Waals surface area contributed by atoms with Crippen LogP contribution < -0.4 is 16.7 Å². The van der Waals surface area contributed by atoms with Crippen molar-refractivity contribution in [1.82, 2.24) is 29.7 Å². The number of fused-ring (bicyclic) bond motifs is 2. The number of hydrogen-bond acceptors (Lipinski definition) is 5. The van der Waals surface area contributed by atoms with E-state index in [1.54, 1.807) is 17.0 Å². The molecule has 1 fully saturated rings. The number of piperidine rings is 1. The molecule has 214 valence electrons. The number of aromatic amines is 1. The van der Waals surface area contributed by atoms with Gasteiger partial charge in [0.05, 0.1) is 17.3 Å². The number of nitrogens with two attached hydrogens (primary N) is 1. The van der Waals surface area contributed by atoms with Crippen LogP contribution in [0.25, 0.3) is 11.2 Å². The number of aromatic nitrogens is 4. The van der Waals surface area contributed by atoms with Gasteiger partial charge in [-0.3, -0.25) is 14.5 Å². The first-order valence-electron chi connectivity index (χ1n) is 13.5. The molecule has 41 heavy (non-hydrogen) atoms. The highest BCUT2D eigenvalue weighted by Crippen LogP contribution is 2.32. The SMILES string of the molecule is C#C.Fc1ccccc1F.N[C@H]1CCC[C@@H](NC(=O)N2CCC(n3c(=O)[nH]c4ncccc43)CC2)c2ncccc21. The Morgan fingerprint density at radius 2 is 1.61 bits per heavy atom.